The smallest absolute Gasteiger partial charge is 0.240 e. The molecule has 0 aliphatic rings. The molecule has 2 heterocycles. The first-order valence-electron chi connectivity index (χ1n) is 11.0. The van der Waals surface area contributed by atoms with Crippen LogP contribution in [0.25, 0.3) is 11.0 Å². The molecule has 7 nitrogen and oxygen atoms in total. The summed E-state index contributed by atoms with van der Waals surface area (Å²) in [4.78, 5) is 12.4. The Kier molecular flexibility index (Phi) is 7.17. The summed E-state index contributed by atoms with van der Waals surface area (Å²) in [5.74, 6) is 0.837. The lowest BCUT2D eigenvalue weighted by Crippen LogP contribution is -2.39. The Hall–Kier alpha value is -3.07. The normalized spacial score (nSPS) is 12.8. The van der Waals surface area contributed by atoms with Crippen LogP contribution < -0.4 is 4.72 Å². The number of ether oxygens (including phenoxy) is 1. The highest BCUT2D eigenvalue weighted by Crippen LogP contribution is 2.19. The van der Waals surface area contributed by atoms with Crippen LogP contribution in [0.4, 0.5) is 0 Å². The number of H-pyrrole nitrogens is 1. The van der Waals surface area contributed by atoms with Gasteiger partial charge in [-0.25, -0.2) is 18.1 Å². The predicted molar refractivity (Wildman–Crippen MR) is 129 cm³/mol. The minimum absolute atomic E-state index is 0.225. The standard InChI is InChI=1S/C25H28N4O3S/c1-3-32-17-21(15-19-7-5-4-6-8-19)29-33(30,31)22-11-9-20(10-12-22)16-24-25-23(13-14-26-24)27-18(2)28-25/h4-14,21,29H,3,15-17H2,1-2H3,(H,27,28)/t21-/m0/s1. The lowest BCUT2D eigenvalue weighted by atomic mass is 10.1. The molecule has 2 aromatic heterocycles. The zero-order chi connectivity index (χ0) is 23.3. The maximum absolute atomic E-state index is 13.0. The van der Waals surface area contributed by atoms with E-state index in [-0.39, 0.29) is 10.9 Å². The van der Waals surface area contributed by atoms with Crippen molar-refractivity contribution in [3.8, 4) is 0 Å². The number of aryl methyl sites for hydroxylation is 1. The van der Waals surface area contributed by atoms with Gasteiger partial charge in [0.1, 0.15) is 11.3 Å². The van der Waals surface area contributed by atoms with E-state index in [2.05, 4.69) is 19.7 Å². The van der Waals surface area contributed by atoms with E-state index in [0.29, 0.717) is 26.1 Å². The van der Waals surface area contributed by atoms with Gasteiger partial charge in [-0.15, -0.1) is 0 Å². The van der Waals surface area contributed by atoms with Crippen LogP contribution in [0.15, 0.2) is 71.8 Å². The first-order chi connectivity index (χ1) is 15.9. The molecule has 0 spiro atoms. The van der Waals surface area contributed by atoms with Gasteiger partial charge in [-0.2, -0.15) is 0 Å². The number of hydrogen-bond acceptors (Lipinski definition) is 5. The summed E-state index contributed by atoms with van der Waals surface area (Å²) in [5, 5.41) is 0. The third-order valence-electron chi connectivity index (χ3n) is 5.37. The number of aromatic nitrogens is 3. The molecular weight excluding hydrogens is 436 g/mol. The summed E-state index contributed by atoms with van der Waals surface area (Å²) in [5.41, 5.74) is 4.65. The van der Waals surface area contributed by atoms with Gasteiger partial charge in [0.05, 0.1) is 22.7 Å². The Morgan fingerprint density at radius 1 is 1.03 bits per heavy atom. The molecule has 2 aromatic carbocycles. The summed E-state index contributed by atoms with van der Waals surface area (Å²) in [6.45, 7) is 4.64. The van der Waals surface area contributed by atoms with Gasteiger partial charge in [-0.3, -0.25) is 4.98 Å². The van der Waals surface area contributed by atoms with Gasteiger partial charge in [-0.1, -0.05) is 42.5 Å². The van der Waals surface area contributed by atoms with E-state index < -0.39 is 10.0 Å². The number of benzene rings is 2. The molecule has 0 aliphatic carbocycles. The molecule has 1 atom stereocenters. The second-order valence-electron chi connectivity index (χ2n) is 7.96. The molecule has 33 heavy (non-hydrogen) atoms. The average Bonchev–Trinajstić information content (AvgIpc) is 3.20. The molecule has 0 unspecified atom stereocenters. The van der Waals surface area contributed by atoms with Crippen molar-refractivity contribution >= 4 is 21.1 Å². The van der Waals surface area contributed by atoms with Crippen LogP contribution in [0.3, 0.4) is 0 Å². The maximum Gasteiger partial charge on any atom is 0.240 e. The van der Waals surface area contributed by atoms with Gasteiger partial charge >= 0.3 is 0 Å². The topological polar surface area (TPSA) is 97.0 Å². The van der Waals surface area contributed by atoms with Crippen LogP contribution in [-0.2, 0) is 27.6 Å². The average molecular weight is 465 g/mol. The van der Waals surface area contributed by atoms with E-state index in [1.54, 1.807) is 18.3 Å². The number of fused-ring (bicyclic) bond motifs is 1. The molecule has 0 saturated heterocycles. The molecule has 4 aromatic rings. The number of rotatable bonds is 10. The number of nitrogens with zero attached hydrogens (tertiary/aromatic N) is 2. The van der Waals surface area contributed by atoms with Crippen LogP contribution in [0.1, 0.15) is 29.6 Å². The van der Waals surface area contributed by atoms with Crippen molar-refractivity contribution in [1.82, 2.24) is 19.7 Å². The van der Waals surface area contributed by atoms with Crippen molar-refractivity contribution in [1.29, 1.82) is 0 Å². The van der Waals surface area contributed by atoms with Gasteiger partial charge in [-0.05, 0) is 49.6 Å². The number of aromatic amines is 1. The molecule has 0 bridgehead atoms. The summed E-state index contributed by atoms with van der Waals surface area (Å²) in [6.07, 6.45) is 2.87. The second kappa shape index (κ2) is 10.2. The molecule has 0 saturated carbocycles. The van der Waals surface area contributed by atoms with Gasteiger partial charge in [0.2, 0.25) is 10.0 Å². The highest BCUT2D eigenvalue weighted by Gasteiger charge is 2.21. The van der Waals surface area contributed by atoms with E-state index in [1.807, 2.05) is 62.4 Å². The fraction of sp³-hybridized carbons (Fsp3) is 0.280. The molecule has 172 valence electrons. The Morgan fingerprint density at radius 3 is 2.52 bits per heavy atom. The fourth-order valence-electron chi connectivity index (χ4n) is 3.80. The highest BCUT2D eigenvalue weighted by molar-refractivity contribution is 7.89. The Balaban J connectivity index is 1.49. The summed E-state index contributed by atoms with van der Waals surface area (Å²) in [6, 6.07) is 18.2. The zero-order valence-electron chi connectivity index (χ0n) is 18.8. The number of hydrogen-bond donors (Lipinski definition) is 2. The molecule has 0 fully saturated rings. The third kappa shape index (κ3) is 5.84. The van der Waals surface area contributed by atoms with Gasteiger partial charge in [0.25, 0.3) is 0 Å². The largest absolute Gasteiger partial charge is 0.380 e. The Bertz CT molecular complexity index is 1300. The summed E-state index contributed by atoms with van der Waals surface area (Å²) >= 11 is 0. The van der Waals surface area contributed by atoms with Crippen molar-refractivity contribution in [2.75, 3.05) is 13.2 Å². The number of sulfonamides is 1. The Labute approximate surface area is 194 Å². The molecule has 0 amide bonds. The lowest BCUT2D eigenvalue weighted by Gasteiger charge is -2.19. The number of nitrogens with one attached hydrogen (secondary N) is 2. The highest BCUT2D eigenvalue weighted by atomic mass is 32.2. The van der Waals surface area contributed by atoms with Gasteiger partial charge in [0.15, 0.2) is 0 Å². The fourth-order valence-corrected chi connectivity index (χ4v) is 5.02. The van der Waals surface area contributed by atoms with Crippen molar-refractivity contribution in [2.24, 2.45) is 0 Å². The second-order valence-corrected chi connectivity index (χ2v) is 9.68. The first kappa shape index (κ1) is 23.1. The minimum atomic E-state index is -3.69. The SMILES string of the molecule is CCOC[C@H](Cc1ccccc1)NS(=O)(=O)c1ccc(Cc2nccc3[nH]c(C)nc23)cc1. The van der Waals surface area contributed by atoms with Crippen LogP contribution in [0.5, 0.6) is 0 Å². The molecule has 0 aliphatic heterocycles. The molecule has 0 radical (unpaired) electrons. The third-order valence-corrected chi connectivity index (χ3v) is 6.91. The first-order valence-corrected chi connectivity index (χ1v) is 12.5. The van der Waals surface area contributed by atoms with E-state index >= 15 is 0 Å². The van der Waals surface area contributed by atoms with Crippen molar-refractivity contribution in [3.63, 3.8) is 0 Å². The van der Waals surface area contributed by atoms with Crippen LogP contribution in [0.2, 0.25) is 0 Å². The van der Waals surface area contributed by atoms with Crippen molar-refractivity contribution < 1.29 is 13.2 Å². The van der Waals surface area contributed by atoms with Crippen molar-refractivity contribution in [2.45, 2.75) is 37.6 Å². The van der Waals surface area contributed by atoms with Gasteiger partial charge in [0, 0.05) is 25.3 Å². The van der Waals surface area contributed by atoms with Crippen LogP contribution >= 0.6 is 0 Å². The Morgan fingerprint density at radius 2 is 1.79 bits per heavy atom. The van der Waals surface area contributed by atoms with Crippen LogP contribution in [-0.4, -0.2) is 42.6 Å². The minimum Gasteiger partial charge on any atom is -0.380 e. The molecule has 4 rings (SSSR count). The maximum atomic E-state index is 13.0. The van der Waals surface area contributed by atoms with Crippen LogP contribution in [0, 0.1) is 6.92 Å². The van der Waals surface area contributed by atoms with Gasteiger partial charge < -0.3 is 9.72 Å². The predicted octanol–water partition coefficient (Wildman–Crippen LogP) is 3.78. The quantitative estimate of drug-likeness (QED) is 0.372. The zero-order valence-corrected chi connectivity index (χ0v) is 19.6. The van der Waals surface area contributed by atoms with E-state index in [9.17, 15) is 8.42 Å². The van der Waals surface area contributed by atoms with E-state index in [0.717, 1.165) is 33.7 Å². The number of imidazole rings is 1. The monoisotopic (exact) mass is 464 g/mol. The molecule has 8 heteroatoms. The van der Waals surface area contributed by atoms with E-state index in [4.69, 9.17) is 4.74 Å². The molecular formula is C25H28N4O3S. The lowest BCUT2D eigenvalue weighted by molar-refractivity contribution is 0.129. The summed E-state index contributed by atoms with van der Waals surface area (Å²) in [7, 11) is -3.69. The number of pyridine rings is 1. The summed E-state index contributed by atoms with van der Waals surface area (Å²) < 4.78 is 34.4. The molecule has 2 N–H and O–H groups in total. The van der Waals surface area contributed by atoms with E-state index in [1.165, 1.54) is 0 Å². The van der Waals surface area contributed by atoms with Crippen molar-refractivity contribution in [3.05, 3.63) is 89.5 Å².